The normalized spacial score (nSPS) is 23.4. The predicted molar refractivity (Wildman–Crippen MR) is 90.0 cm³/mol. The van der Waals surface area contributed by atoms with Gasteiger partial charge in [-0.05, 0) is 43.0 Å². The number of nitrogens with one attached hydrogen (secondary N) is 1. The van der Waals surface area contributed by atoms with Gasteiger partial charge < -0.3 is 0 Å². The lowest BCUT2D eigenvalue weighted by atomic mass is 9.77. The quantitative estimate of drug-likeness (QED) is 0.884. The molecule has 1 aromatic carbocycles. The summed E-state index contributed by atoms with van der Waals surface area (Å²) in [7, 11) is -6.86. The van der Waals surface area contributed by atoms with E-state index in [2.05, 4.69) is 4.72 Å². The first-order chi connectivity index (χ1) is 10.7. The molecule has 1 fully saturated rings. The second-order valence-corrected chi connectivity index (χ2v) is 10.1. The minimum atomic E-state index is -3.57. The highest BCUT2D eigenvalue weighted by atomic mass is 32.2. The van der Waals surface area contributed by atoms with Crippen LogP contribution in [0.15, 0.2) is 34.7 Å². The van der Waals surface area contributed by atoms with Crippen molar-refractivity contribution >= 4 is 24.8 Å². The minimum absolute atomic E-state index is 0.190. The zero-order valence-corrected chi connectivity index (χ0v) is 14.9. The molecule has 126 valence electrons. The zero-order valence-electron chi connectivity index (χ0n) is 13.3. The fourth-order valence-corrected chi connectivity index (χ4v) is 6.31. The van der Waals surface area contributed by atoms with Gasteiger partial charge in [0.1, 0.15) is 0 Å². The topological polar surface area (TPSA) is 80.3 Å². The van der Waals surface area contributed by atoms with Gasteiger partial charge in [0.05, 0.1) is 15.3 Å². The van der Waals surface area contributed by atoms with Crippen molar-refractivity contribution in [2.75, 3.05) is 6.26 Å². The van der Waals surface area contributed by atoms with Crippen LogP contribution in [-0.2, 0) is 19.9 Å². The Kier molecular flexibility index (Phi) is 3.93. The van der Waals surface area contributed by atoms with E-state index in [1.165, 1.54) is 12.1 Å². The fourth-order valence-electron chi connectivity index (χ4n) is 3.66. The Balaban J connectivity index is 2.09. The lowest BCUT2D eigenvalue weighted by Crippen LogP contribution is -2.45. The van der Waals surface area contributed by atoms with Crippen molar-refractivity contribution in [1.29, 1.82) is 0 Å². The SMILES string of the molecule is CC1=C(c2ccc(S(C)(=O)=O)cc2)S(=O)(=O)NC12CCCCC2. The van der Waals surface area contributed by atoms with Gasteiger partial charge in [-0.15, -0.1) is 0 Å². The summed E-state index contributed by atoms with van der Waals surface area (Å²) in [6.07, 6.45) is 5.94. The van der Waals surface area contributed by atoms with E-state index in [4.69, 9.17) is 0 Å². The molecule has 0 radical (unpaired) electrons. The van der Waals surface area contributed by atoms with Gasteiger partial charge in [-0.2, -0.15) is 0 Å². The summed E-state index contributed by atoms with van der Waals surface area (Å²) in [6, 6.07) is 6.09. The van der Waals surface area contributed by atoms with Gasteiger partial charge in [-0.3, -0.25) is 0 Å². The maximum atomic E-state index is 12.6. The van der Waals surface area contributed by atoms with Crippen LogP contribution in [0.5, 0.6) is 0 Å². The standard InChI is InChI=1S/C16H21NO4S2/c1-12-15(13-6-8-14(9-7-13)22(2,18)19)23(20,21)17-16(12)10-4-3-5-11-16/h6-9,17H,3-5,10-11H2,1-2H3. The van der Waals surface area contributed by atoms with Gasteiger partial charge in [0.15, 0.2) is 9.84 Å². The van der Waals surface area contributed by atoms with Crippen molar-refractivity contribution in [2.45, 2.75) is 49.5 Å². The van der Waals surface area contributed by atoms with Crippen LogP contribution in [0.4, 0.5) is 0 Å². The molecule has 0 amide bonds. The first kappa shape index (κ1) is 16.7. The summed E-state index contributed by atoms with van der Waals surface area (Å²) < 4.78 is 51.3. The van der Waals surface area contributed by atoms with Gasteiger partial charge in [0.2, 0.25) is 10.0 Å². The molecule has 2 aliphatic rings. The highest BCUT2D eigenvalue weighted by molar-refractivity contribution is 7.99. The van der Waals surface area contributed by atoms with E-state index in [1.54, 1.807) is 12.1 Å². The van der Waals surface area contributed by atoms with E-state index in [0.717, 1.165) is 43.9 Å². The molecule has 1 heterocycles. The average molecular weight is 355 g/mol. The summed E-state index contributed by atoms with van der Waals surface area (Å²) in [5, 5.41) is 0. The van der Waals surface area contributed by atoms with Crippen LogP contribution in [0.3, 0.4) is 0 Å². The molecular formula is C16H21NO4S2. The number of sulfone groups is 1. The maximum absolute atomic E-state index is 12.6. The number of hydrogen-bond donors (Lipinski definition) is 1. The van der Waals surface area contributed by atoms with E-state index < -0.39 is 25.4 Å². The zero-order chi connectivity index (χ0) is 16.9. The minimum Gasteiger partial charge on any atom is -0.224 e. The van der Waals surface area contributed by atoms with Crippen molar-refractivity contribution in [3.63, 3.8) is 0 Å². The molecule has 0 unspecified atom stereocenters. The van der Waals surface area contributed by atoms with Gasteiger partial charge >= 0.3 is 0 Å². The summed E-state index contributed by atoms with van der Waals surface area (Å²) in [5.74, 6) is 0. The Labute approximate surface area is 137 Å². The predicted octanol–water partition coefficient (Wildman–Crippen LogP) is 2.46. The molecule has 1 N–H and O–H groups in total. The molecule has 0 aromatic heterocycles. The van der Waals surface area contributed by atoms with Crippen LogP contribution in [0.25, 0.3) is 4.91 Å². The van der Waals surface area contributed by atoms with Crippen molar-refractivity contribution in [2.24, 2.45) is 0 Å². The van der Waals surface area contributed by atoms with Crippen LogP contribution in [0.2, 0.25) is 0 Å². The van der Waals surface area contributed by atoms with Crippen LogP contribution >= 0.6 is 0 Å². The number of benzene rings is 1. The lowest BCUT2D eigenvalue weighted by molar-refractivity contribution is 0.321. The van der Waals surface area contributed by atoms with Gasteiger partial charge in [0.25, 0.3) is 0 Å². The van der Waals surface area contributed by atoms with Crippen molar-refractivity contribution < 1.29 is 16.8 Å². The first-order valence-corrected chi connectivity index (χ1v) is 11.1. The Morgan fingerprint density at radius 3 is 2.13 bits per heavy atom. The Hall–Kier alpha value is -1.18. The Morgan fingerprint density at radius 1 is 1.04 bits per heavy atom. The largest absolute Gasteiger partial charge is 0.241 e. The molecule has 7 heteroatoms. The Morgan fingerprint density at radius 2 is 1.61 bits per heavy atom. The second kappa shape index (κ2) is 5.43. The highest BCUT2D eigenvalue weighted by Crippen LogP contribution is 2.45. The van der Waals surface area contributed by atoms with Crippen molar-refractivity contribution in [3.05, 3.63) is 35.4 Å². The highest BCUT2D eigenvalue weighted by Gasteiger charge is 2.47. The monoisotopic (exact) mass is 355 g/mol. The third-order valence-corrected chi connectivity index (χ3v) is 7.78. The van der Waals surface area contributed by atoms with Crippen LogP contribution in [0.1, 0.15) is 44.6 Å². The third kappa shape index (κ3) is 2.86. The van der Waals surface area contributed by atoms with Gasteiger partial charge in [-0.25, -0.2) is 21.6 Å². The van der Waals surface area contributed by atoms with Crippen LogP contribution < -0.4 is 4.72 Å². The van der Waals surface area contributed by atoms with E-state index in [1.807, 2.05) is 6.92 Å². The van der Waals surface area contributed by atoms with Gasteiger partial charge in [-0.1, -0.05) is 31.4 Å². The van der Waals surface area contributed by atoms with Crippen molar-refractivity contribution in [3.8, 4) is 0 Å². The molecular weight excluding hydrogens is 334 g/mol. The average Bonchev–Trinajstić information content (AvgIpc) is 2.65. The molecule has 1 saturated carbocycles. The second-order valence-electron chi connectivity index (χ2n) is 6.50. The molecule has 0 saturated heterocycles. The summed E-state index contributed by atoms with van der Waals surface area (Å²) in [5.41, 5.74) is 0.941. The van der Waals surface area contributed by atoms with Crippen molar-refractivity contribution in [1.82, 2.24) is 4.72 Å². The molecule has 0 bridgehead atoms. The van der Waals surface area contributed by atoms with Crippen LogP contribution in [0, 0.1) is 0 Å². The van der Waals surface area contributed by atoms with E-state index in [0.29, 0.717) is 10.5 Å². The summed E-state index contributed by atoms with van der Waals surface area (Å²) in [6.45, 7) is 1.88. The number of sulfonamides is 1. The molecule has 1 aliphatic carbocycles. The molecule has 1 aromatic rings. The number of hydrogen-bond acceptors (Lipinski definition) is 4. The molecule has 3 rings (SSSR count). The third-order valence-electron chi connectivity index (χ3n) is 4.91. The first-order valence-electron chi connectivity index (χ1n) is 7.72. The maximum Gasteiger partial charge on any atom is 0.241 e. The molecule has 1 aliphatic heterocycles. The van der Waals surface area contributed by atoms with E-state index >= 15 is 0 Å². The summed E-state index contributed by atoms with van der Waals surface area (Å²) in [4.78, 5) is 0.495. The smallest absolute Gasteiger partial charge is 0.224 e. The summed E-state index contributed by atoms with van der Waals surface area (Å²) >= 11 is 0. The lowest BCUT2D eigenvalue weighted by Gasteiger charge is -2.34. The molecule has 5 nitrogen and oxygen atoms in total. The number of rotatable bonds is 2. The molecule has 23 heavy (non-hydrogen) atoms. The van der Waals surface area contributed by atoms with Crippen LogP contribution in [-0.4, -0.2) is 28.6 Å². The van der Waals surface area contributed by atoms with Gasteiger partial charge in [0, 0.05) is 6.26 Å². The van der Waals surface area contributed by atoms with E-state index in [-0.39, 0.29) is 4.90 Å². The molecule has 0 atom stereocenters. The fraction of sp³-hybridized carbons (Fsp3) is 0.500. The van der Waals surface area contributed by atoms with E-state index in [9.17, 15) is 16.8 Å². The molecule has 1 spiro atoms. The Bertz CT molecular complexity index is 859.